The Morgan fingerprint density at radius 1 is 0.339 bits per heavy atom. The highest BCUT2D eigenvalue weighted by Gasteiger charge is 2.19. The molecule has 0 saturated carbocycles. The smallest absolute Gasteiger partial charge is 0.306 e. The molecular formula is C53H92O6. The minimum absolute atomic E-state index is 0.0959. The summed E-state index contributed by atoms with van der Waals surface area (Å²) in [6, 6.07) is 0. The van der Waals surface area contributed by atoms with E-state index in [4.69, 9.17) is 14.2 Å². The quantitative estimate of drug-likeness (QED) is 0.0263. The topological polar surface area (TPSA) is 78.9 Å². The van der Waals surface area contributed by atoms with Gasteiger partial charge >= 0.3 is 17.9 Å². The first-order valence-corrected chi connectivity index (χ1v) is 24.8. The van der Waals surface area contributed by atoms with Gasteiger partial charge in [-0.2, -0.15) is 0 Å². The van der Waals surface area contributed by atoms with Crippen LogP contribution in [0.4, 0.5) is 0 Å². The van der Waals surface area contributed by atoms with Crippen LogP contribution < -0.4 is 0 Å². The minimum atomic E-state index is -0.796. The van der Waals surface area contributed by atoms with Gasteiger partial charge in [-0.05, 0) is 77.0 Å². The van der Waals surface area contributed by atoms with Crippen molar-refractivity contribution < 1.29 is 28.6 Å². The third kappa shape index (κ3) is 46.0. The molecule has 0 aromatic carbocycles. The first-order chi connectivity index (χ1) is 29.0. The number of hydrogen-bond acceptors (Lipinski definition) is 6. The SMILES string of the molecule is CCCC/C=C\CCCCCCC(=O)OCC(COC(=O)CCC/C=C\C/C=C\C/C=C\C/C=C\CCCCC)OC(=O)CCCCCCCCCCCCCCCC. The highest BCUT2D eigenvalue weighted by molar-refractivity contribution is 5.71. The molecule has 0 aliphatic carbocycles. The Hall–Kier alpha value is -2.89. The van der Waals surface area contributed by atoms with E-state index >= 15 is 0 Å². The Kier molecular flexibility index (Phi) is 45.4. The Bertz CT molecular complexity index is 1090. The van der Waals surface area contributed by atoms with E-state index in [-0.39, 0.29) is 37.5 Å². The number of esters is 3. The largest absolute Gasteiger partial charge is 0.462 e. The monoisotopic (exact) mass is 825 g/mol. The molecule has 0 spiro atoms. The summed E-state index contributed by atoms with van der Waals surface area (Å²) in [5.41, 5.74) is 0. The molecule has 0 heterocycles. The first kappa shape index (κ1) is 56.1. The van der Waals surface area contributed by atoms with Crippen molar-refractivity contribution in [2.75, 3.05) is 13.2 Å². The minimum Gasteiger partial charge on any atom is -0.462 e. The summed E-state index contributed by atoms with van der Waals surface area (Å²) in [6.07, 6.45) is 57.8. The molecule has 0 aromatic heterocycles. The lowest BCUT2D eigenvalue weighted by molar-refractivity contribution is -0.167. The van der Waals surface area contributed by atoms with E-state index < -0.39 is 6.10 Å². The van der Waals surface area contributed by atoms with Crippen LogP contribution in [0.15, 0.2) is 60.8 Å². The van der Waals surface area contributed by atoms with Gasteiger partial charge in [-0.25, -0.2) is 0 Å². The maximum Gasteiger partial charge on any atom is 0.306 e. The van der Waals surface area contributed by atoms with Gasteiger partial charge in [0, 0.05) is 19.3 Å². The van der Waals surface area contributed by atoms with Crippen LogP contribution in [0.3, 0.4) is 0 Å². The van der Waals surface area contributed by atoms with Crippen LogP contribution in [0.5, 0.6) is 0 Å². The van der Waals surface area contributed by atoms with E-state index in [1.54, 1.807) is 0 Å². The Labute approximate surface area is 364 Å². The van der Waals surface area contributed by atoms with Crippen LogP contribution in [0.2, 0.25) is 0 Å². The summed E-state index contributed by atoms with van der Waals surface area (Å²) in [5, 5.41) is 0. The maximum atomic E-state index is 12.8. The summed E-state index contributed by atoms with van der Waals surface area (Å²) in [5.74, 6) is -0.964. The highest BCUT2D eigenvalue weighted by atomic mass is 16.6. The molecule has 1 atom stereocenters. The van der Waals surface area contributed by atoms with Gasteiger partial charge in [-0.3, -0.25) is 14.4 Å². The van der Waals surface area contributed by atoms with E-state index in [9.17, 15) is 14.4 Å². The van der Waals surface area contributed by atoms with Gasteiger partial charge in [0.15, 0.2) is 6.10 Å². The van der Waals surface area contributed by atoms with Crippen LogP contribution in [-0.4, -0.2) is 37.2 Å². The van der Waals surface area contributed by atoms with Crippen LogP contribution in [0.1, 0.15) is 239 Å². The van der Waals surface area contributed by atoms with E-state index in [1.807, 2.05) is 0 Å². The number of unbranched alkanes of at least 4 members (excludes halogenated alkanes) is 23. The molecule has 340 valence electrons. The number of allylic oxidation sites excluding steroid dienone is 10. The van der Waals surface area contributed by atoms with Crippen molar-refractivity contribution in [1.29, 1.82) is 0 Å². The molecule has 0 aromatic rings. The molecule has 0 aliphatic rings. The molecule has 59 heavy (non-hydrogen) atoms. The van der Waals surface area contributed by atoms with Gasteiger partial charge < -0.3 is 14.2 Å². The standard InChI is InChI=1S/C53H92O6/c1-4-7-10-13-16-19-22-24-26-27-28-30-31-34-37-40-43-46-52(55)58-49-50(48-57-51(54)45-42-39-36-33-21-18-15-12-9-6-3)59-53(56)47-44-41-38-35-32-29-25-23-20-17-14-11-8-5-2/h15-16,18-19,24,26,28,30,34,37,50H,4-14,17,20-23,25,27,29,31-33,35-36,38-49H2,1-3H3/b18-15-,19-16-,26-24-,30-28-,37-34-. The zero-order valence-electron chi connectivity index (χ0n) is 38.8. The van der Waals surface area contributed by atoms with E-state index in [0.29, 0.717) is 19.3 Å². The van der Waals surface area contributed by atoms with Crippen LogP contribution in [-0.2, 0) is 28.6 Å². The zero-order valence-corrected chi connectivity index (χ0v) is 38.8. The molecule has 0 fully saturated rings. The number of carbonyl (C=O) groups excluding carboxylic acids is 3. The summed E-state index contributed by atoms with van der Waals surface area (Å²) in [7, 11) is 0. The molecule has 0 rings (SSSR count). The summed E-state index contributed by atoms with van der Waals surface area (Å²) in [6.45, 7) is 6.51. The van der Waals surface area contributed by atoms with Crippen LogP contribution >= 0.6 is 0 Å². The predicted molar refractivity (Wildman–Crippen MR) is 251 cm³/mol. The van der Waals surface area contributed by atoms with Crippen molar-refractivity contribution >= 4 is 17.9 Å². The molecule has 0 N–H and O–H groups in total. The zero-order chi connectivity index (χ0) is 43.0. The second kappa shape index (κ2) is 47.8. The Morgan fingerprint density at radius 3 is 1.12 bits per heavy atom. The van der Waals surface area contributed by atoms with Gasteiger partial charge in [0.25, 0.3) is 0 Å². The highest BCUT2D eigenvalue weighted by Crippen LogP contribution is 2.15. The van der Waals surface area contributed by atoms with Crippen molar-refractivity contribution in [1.82, 2.24) is 0 Å². The second-order valence-electron chi connectivity index (χ2n) is 16.4. The summed E-state index contributed by atoms with van der Waals surface area (Å²) in [4.78, 5) is 37.8. The lowest BCUT2D eigenvalue weighted by Gasteiger charge is -2.18. The number of rotatable bonds is 44. The lowest BCUT2D eigenvalue weighted by atomic mass is 10.0. The fraction of sp³-hybridized carbons (Fsp3) is 0.755. The van der Waals surface area contributed by atoms with Gasteiger partial charge in [-0.15, -0.1) is 0 Å². The van der Waals surface area contributed by atoms with E-state index in [2.05, 4.69) is 81.5 Å². The molecule has 0 radical (unpaired) electrons. The van der Waals surface area contributed by atoms with Crippen LogP contribution in [0, 0.1) is 0 Å². The lowest BCUT2D eigenvalue weighted by Crippen LogP contribution is -2.30. The molecular weight excluding hydrogens is 733 g/mol. The van der Waals surface area contributed by atoms with Crippen molar-refractivity contribution in [3.05, 3.63) is 60.8 Å². The molecule has 0 bridgehead atoms. The second-order valence-corrected chi connectivity index (χ2v) is 16.4. The molecule has 0 aliphatic heterocycles. The van der Waals surface area contributed by atoms with Crippen LogP contribution in [0.25, 0.3) is 0 Å². The number of ether oxygens (including phenoxy) is 3. The van der Waals surface area contributed by atoms with Gasteiger partial charge in [0.2, 0.25) is 0 Å². The normalized spacial score (nSPS) is 12.5. The van der Waals surface area contributed by atoms with Crippen molar-refractivity contribution in [2.45, 2.75) is 245 Å². The number of hydrogen-bond donors (Lipinski definition) is 0. The summed E-state index contributed by atoms with van der Waals surface area (Å²) >= 11 is 0. The molecule has 0 amide bonds. The third-order valence-corrected chi connectivity index (χ3v) is 10.5. The average Bonchev–Trinajstić information content (AvgIpc) is 3.23. The van der Waals surface area contributed by atoms with E-state index in [1.165, 1.54) is 109 Å². The first-order valence-electron chi connectivity index (χ1n) is 24.8. The van der Waals surface area contributed by atoms with Crippen molar-refractivity contribution in [3.8, 4) is 0 Å². The summed E-state index contributed by atoms with van der Waals surface area (Å²) < 4.78 is 16.7. The van der Waals surface area contributed by atoms with Crippen molar-refractivity contribution in [2.24, 2.45) is 0 Å². The third-order valence-electron chi connectivity index (χ3n) is 10.5. The Balaban J connectivity index is 4.44. The van der Waals surface area contributed by atoms with Gasteiger partial charge in [-0.1, -0.05) is 204 Å². The van der Waals surface area contributed by atoms with Gasteiger partial charge in [0.1, 0.15) is 13.2 Å². The van der Waals surface area contributed by atoms with Gasteiger partial charge in [0.05, 0.1) is 0 Å². The maximum absolute atomic E-state index is 12.8. The fourth-order valence-electron chi connectivity index (χ4n) is 6.71. The Morgan fingerprint density at radius 2 is 0.644 bits per heavy atom. The predicted octanol–water partition coefficient (Wildman–Crippen LogP) is 16.1. The molecule has 1 unspecified atom stereocenters. The van der Waals surface area contributed by atoms with Crippen molar-refractivity contribution in [3.63, 3.8) is 0 Å². The molecule has 6 heteroatoms. The fourth-order valence-corrected chi connectivity index (χ4v) is 6.71. The molecule has 0 saturated heterocycles. The molecule has 6 nitrogen and oxygen atoms in total. The average molecular weight is 825 g/mol. The number of carbonyl (C=O) groups is 3. The van der Waals surface area contributed by atoms with E-state index in [0.717, 1.165) is 83.5 Å².